The number of piperidine rings is 1. The summed E-state index contributed by atoms with van der Waals surface area (Å²) in [5, 5.41) is 8.13. The molecule has 188 valence electrons. The maximum Gasteiger partial charge on any atom is 0.511 e. The maximum absolute atomic E-state index is 13.0. The standard InChI is InChI=1S/C22H29F3N4O4S/c23-22(24,25)34(30,31)28-18-2-1-7-29-8-9-32-21-11-19-15(12-26-27-19)10-17(21)14-3-5-16(6-4-14)33-13-20(18)29/h10-12,14,16,18,20,28H,1-9,13H2,(H,26,27)/t14?,16?,18-,20-/m0/s1. The van der Waals surface area contributed by atoms with Crippen LogP contribution < -0.4 is 9.46 Å². The van der Waals surface area contributed by atoms with E-state index in [2.05, 4.69) is 16.3 Å². The second-order valence-electron chi connectivity index (χ2n) is 9.42. The number of aromatic nitrogens is 2. The monoisotopic (exact) mass is 502 g/mol. The molecule has 2 N–H and O–H groups in total. The van der Waals surface area contributed by atoms with E-state index in [9.17, 15) is 21.6 Å². The zero-order valence-electron chi connectivity index (χ0n) is 18.7. The van der Waals surface area contributed by atoms with Crippen molar-refractivity contribution in [3.8, 4) is 5.75 Å². The Morgan fingerprint density at radius 3 is 2.68 bits per heavy atom. The van der Waals surface area contributed by atoms with Crippen molar-refractivity contribution in [2.75, 3.05) is 26.3 Å². The topological polar surface area (TPSA) is 96.6 Å². The molecular weight excluding hydrogens is 473 g/mol. The SMILES string of the molecule is O=S(=O)(N[C@H]1CCCN2CCOc3cc4[nH]ncc4cc3C3CCC(CC3)OC[C@@H]12)C(F)(F)F. The lowest BCUT2D eigenvalue weighted by Crippen LogP contribution is -2.59. The quantitative estimate of drug-likeness (QED) is 0.655. The molecule has 1 saturated carbocycles. The molecule has 1 saturated heterocycles. The number of benzene rings is 1. The number of ether oxygens (including phenoxy) is 2. The van der Waals surface area contributed by atoms with Gasteiger partial charge in [0.1, 0.15) is 12.4 Å². The van der Waals surface area contributed by atoms with Crippen molar-refractivity contribution in [2.24, 2.45) is 0 Å². The third kappa shape index (κ3) is 4.77. The van der Waals surface area contributed by atoms with Gasteiger partial charge in [0.25, 0.3) is 0 Å². The zero-order chi connectivity index (χ0) is 23.9. The lowest BCUT2D eigenvalue weighted by Gasteiger charge is -2.42. The maximum atomic E-state index is 13.0. The van der Waals surface area contributed by atoms with Crippen molar-refractivity contribution in [2.45, 2.75) is 68.1 Å². The molecule has 8 nitrogen and oxygen atoms in total. The summed E-state index contributed by atoms with van der Waals surface area (Å²) in [6.45, 7) is 1.61. The fourth-order valence-corrected chi connectivity index (χ4v) is 6.32. The molecule has 34 heavy (non-hydrogen) atoms. The van der Waals surface area contributed by atoms with Gasteiger partial charge in [-0.15, -0.1) is 0 Å². The molecule has 0 amide bonds. The highest BCUT2D eigenvalue weighted by molar-refractivity contribution is 7.90. The predicted molar refractivity (Wildman–Crippen MR) is 119 cm³/mol. The highest BCUT2D eigenvalue weighted by Crippen LogP contribution is 2.40. The van der Waals surface area contributed by atoms with Crippen molar-refractivity contribution in [1.82, 2.24) is 19.8 Å². The van der Waals surface area contributed by atoms with Crippen LogP contribution in [-0.4, -0.2) is 73.5 Å². The first-order chi connectivity index (χ1) is 16.2. The van der Waals surface area contributed by atoms with Gasteiger partial charge in [0.05, 0.1) is 24.4 Å². The Morgan fingerprint density at radius 2 is 1.91 bits per heavy atom. The number of sulfonamides is 1. The van der Waals surface area contributed by atoms with Gasteiger partial charge >= 0.3 is 15.5 Å². The summed E-state index contributed by atoms with van der Waals surface area (Å²) in [5.41, 5.74) is -3.31. The van der Waals surface area contributed by atoms with Crippen molar-refractivity contribution in [3.05, 3.63) is 23.9 Å². The molecule has 4 aliphatic rings. The van der Waals surface area contributed by atoms with Gasteiger partial charge in [-0.1, -0.05) is 0 Å². The van der Waals surface area contributed by atoms with Gasteiger partial charge < -0.3 is 9.47 Å². The number of hydrogen-bond donors (Lipinski definition) is 2. The first-order valence-electron chi connectivity index (χ1n) is 11.8. The number of nitrogens with zero attached hydrogens (tertiary/aromatic N) is 2. The smallest absolute Gasteiger partial charge is 0.492 e. The van der Waals surface area contributed by atoms with Gasteiger partial charge in [-0.05, 0) is 62.6 Å². The molecule has 0 unspecified atom stereocenters. The molecule has 1 aromatic carbocycles. The van der Waals surface area contributed by atoms with Crippen LogP contribution in [-0.2, 0) is 14.8 Å². The molecule has 6 rings (SSSR count). The molecule has 4 heterocycles. The number of rotatable bonds is 2. The third-order valence-corrected chi connectivity index (χ3v) is 8.55. The highest BCUT2D eigenvalue weighted by atomic mass is 32.2. The van der Waals surface area contributed by atoms with Crippen LogP contribution in [0.5, 0.6) is 5.75 Å². The minimum Gasteiger partial charge on any atom is -0.492 e. The van der Waals surface area contributed by atoms with Crippen LogP contribution in [0.25, 0.3) is 10.9 Å². The van der Waals surface area contributed by atoms with Gasteiger partial charge in [-0.2, -0.15) is 18.3 Å². The van der Waals surface area contributed by atoms with E-state index in [0.717, 1.165) is 47.9 Å². The van der Waals surface area contributed by atoms with Gasteiger partial charge in [0.2, 0.25) is 0 Å². The van der Waals surface area contributed by atoms with E-state index < -0.39 is 27.6 Å². The first-order valence-corrected chi connectivity index (χ1v) is 13.2. The molecular formula is C22H29F3N4O4S. The Hall–Kier alpha value is -1.89. The van der Waals surface area contributed by atoms with E-state index in [1.54, 1.807) is 6.20 Å². The fraction of sp³-hybridized carbons (Fsp3) is 0.682. The van der Waals surface area contributed by atoms with Crippen LogP contribution in [0.15, 0.2) is 18.3 Å². The van der Waals surface area contributed by atoms with Crippen molar-refractivity contribution >= 4 is 20.9 Å². The summed E-state index contributed by atoms with van der Waals surface area (Å²) >= 11 is 0. The molecule has 2 aromatic rings. The second kappa shape index (κ2) is 9.29. The number of fused-ring (bicyclic) bond motifs is 6. The van der Waals surface area contributed by atoms with Gasteiger partial charge in [-0.3, -0.25) is 10.00 Å². The van der Waals surface area contributed by atoms with Crippen molar-refractivity contribution in [1.29, 1.82) is 0 Å². The first kappa shape index (κ1) is 23.8. The number of aromatic amines is 1. The lowest BCUT2D eigenvalue weighted by molar-refractivity contribution is -0.0482. The Bertz CT molecular complexity index is 1120. The Balaban J connectivity index is 1.40. The Labute approximate surface area is 196 Å². The highest BCUT2D eigenvalue weighted by Gasteiger charge is 2.48. The van der Waals surface area contributed by atoms with E-state index in [4.69, 9.17) is 9.47 Å². The molecule has 2 fully saturated rings. The summed E-state index contributed by atoms with van der Waals surface area (Å²) in [4.78, 5) is 1.99. The minimum absolute atomic E-state index is 0.00248. The van der Waals surface area contributed by atoms with E-state index >= 15 is 0 Å². The number of nitrogens with one attached hydrogen (secondary N) is 2. The van der Waals surface area contributed by atoms with E-state index in [1.165, 1.54) is 0 Å². The van der Waals surface area contributed by atoms with Crippen molar-refractivity contribution in [3.63, 3.8) is 0 Å². The summed E-state index contributed by atoms with van der Waals surface area (Å²) in [6, 6.07) is 2.72. The Kier molecular flexibility index (Phi) is 6.51. The summed E-state index contributed by atoms with van der Waals surface area (Å²) in [7, 11) is -5.44. The predicted octanol–water partition coefficient (Wildman–Crippen LogP) is 3.27. The van der Waals surface area contributed by atoms with Crippen LogP contribution in [0, 0.1) is 0 Å². The Morgan fingerprint density at radius 1 is 1.12 bits per heavy atom. The fourth-order valence-electron chi connectivity index (χ4n) is 5.51. The van der Waals surface area contributed by atoms with Crippen LogP contribution in [0.2, 0.25) is 0 Å². The summed E-state index contributed by atoms with van der Waals surface area (Å²) < 4.78 is 77.1. The zero-order valence-corrected chi connectivity index (χ0v) is 19.5. The van der Waals surface area contributed by atoms with Gasteiger partial charge in [-0.25, -0.2) is 13.1 Å². The van der Waals surface area contributed by atoms with E-state index in [0.29, 0.717) is 38.5 Å². The van der Waals surface area contributed by atoms with E-state index in [1.807, 2.05) is 15.7 Å². The van der Waals surface area contributed by atoms with Crippen LogP contribution in [0.3, 0.4) is 0 Å². The third-order valence-electron chi connectivity index (χ3n) is 7.33. The molecule has 1 aliphatic carbocycles. The normalized spacial score (nSPS) is 29.4. The van der Waals surface area contributed by atoms with Gasteiger partial charge in [0.15, 0.2) is 0 Å². The second-order valence-corrected chi connectivity index (χ2v) is 11.1. The van der Waals surface area contributed by atoms with E-state index in [-0.39, 0.29) is 12.7 Å². The largest absolute Gasteiger partial charge is 0.511 e. The molecule has 2 bridgehead atoms. The summed E-state index contributed by atoms with van der Waals surface area (Å²) in [6.07, 6.45) is 6.21. The number of halogens is 3. The average Bonchev–Trinajstić information content (AvgIpc) is 3.25. The minimum atomic E-state index is -5.44. The number of hydrogen-bond acceptors (Lipinski definition) is 6. The van der Waals surface area contributed by atoms with Crippen LogP contribution in [0.4, 0.5) is 13.2 Å². The number of H-pyrrole nitrogens is 1. The van der Waals surface area contributed by atoms with Crippen molar-refractivity contribution < 1.29 is 31.1 Å². The molecule has 2 atom stereocenters. The molecule has 0 spiro atoms. The molecule has 0 radical (unpaired) electrons. The molecule has 3 aliphatic heterocycles. The average molecular weight is 503 g/mol. The van der Waals surface area contributed by atoms with Gasteiger partial charge in [0, 0.05) is 30.1 Å². The van der Waals surface area contributed by atoms with Crippen LogP contribution >= 0.6 is 0 Å². The number of alkyl halides is 3. The molecule has 12 heteroatoms. The molecule has 1 aromatic heterocycles. The van der Waals surface area contributed by atoms with Crippen LogP contribution in [0.1, 0.15) is 50.0 Å². The lowest BCUT2D eigenvalue weighted by atomic mass is 9.82. The summed E-state index contributed by atoms with van der Waals surface area (Å²) in [5.74, 6) is 1.13.